The number of rotatable bonds is 3. The first-order chi connectivity index (χ1) is 10.3. The Morgan fingerprint density at radius 3 is 2.38 bits per heavy atom. The lowest BCUT2D eigenvalue weighted by Crippen LogP contribution is -2.48. The highest BCUT2D eigenvalue weighted by atomic mass is 15.7. The lowest BCUT2D eigenvalue weighted by Gasteiger charge is -2.35. The molecule has 1 aliphatic heterocycles. The van der Waals surface area contributed by atoms with Gasteiger partial charge in [0.05, 0.1) is 0 Å². The van der Waals surface area contributed by atoms with Crippen LogP contribution in [0, 0.1) is 5.41 Å². The van der Waals surface area contributed by atoms with E-state index < -0.39 is 0 Å². The molecule has 0 aromatic carbocycles. The zero-order valence-electron chi connectivity index (χ0n) is 11.5. The maximum absolute atomic E-state index is 7.64. The number of nitrogens with one attached hydrogen (secondary N) is 2. The minimum Gasteiger partial charge on any atom is -0.352 e. The van der Waals surface area contributed by atoms with E-state index in [0.717, 1.165) is 37.9 Å². The summed E-state index contributed by atoms with van der Waals surface area (Å²) in [7, 11) is 0. The first-order valence-corrected chi connectivity index (χ1v) is 6.66. The molecule has 4 N–H and O–H groups in total. The number of anilines is 2. The zero-order valence-corrected chi connectivity index (χ0v) is 11.5. The Morgan fingerprint density at radius 2 is 1.71 bits per heavy atom. The van der Waals surface area contributed by atoms with Crippen LogP contribution in [0.2, 0.25) is 0 Å². The summed E-state index contributed by atoms with van der Waals surface area (Å²) in [6.07, 6.45) is 3.50. The SMILES string of the molecule is N=c1ccc(N2CCN(c3ncccn3)CC2)nn1NN. The molecule has 0 radical (unpaired) electrons. The van der Waals surface area contributed by atoms with Gasteiger partial charge < -0.3 is 9.80 Å². The number of hydrogen-bond donors (Lipinski definition) is 3. The molecule has 9 heteroatoms. The fraction of sp³-hybridized carbons (Fsp3) is 0.333. The molecule has 1 fully saturated rings. The monoisotopic (exact) mass is 287 g/mol. The number of nitrogens with two attached hydrogens (primary N) is 1. The maximum Gasteiger partial charge on any atom is 0.225 e. The molecule has 3 rings (SSSR count). The molecule has 9 nitrogen and oxygen atoms in total. The molecule has 0 bridgehead atoms. The third-order valence-corrected chi connectivity index (χ3v) is 3.38. The van der Waals surface area contributed by atoms with Gasteiger partial charge in [0.25, 0.3) is 0 Å². The Kier molecular flexibility index (Phi) is 3.65. The average Bonchev–Trinajstić information content (AvgIpc) is 2.56. The third-order valence-electron chi connectivity index (χ3n) is 3.38. The molecule has 1 saturated heterocycles. The van der Waals surface area contributed by atoms with Crippen LogP contribution in [0.25, 0.3) is 0 Å². The van der Waals surface area contributed by atoms with Gasteiger partial charge in [0.15, 0.2) is 11.3 Å². The van der Waals surface area contributed by atoms with Crippen LogP contribution >= 0.6 is 0 Å². The first-order valence-electron chi connectivity index (χ1n) is 6.66. The maximum atomic E-state index is 7.64. The number of piperazine rings is 1. The second-order valence-electron chi connectivity index (χ2n) is 4.64. The lowest BCUT2D eigenvalue weighted by atomic mass is 10.3. The molecule has 0 amide bonds. The van der Waals surface area contributed by atoms with Crippen LogP contribution in [0.3, 0.4) is 0 Å². The summed E-state index contributed by atoms with van der Waals surface area (Å²) in [5.74, 6) is 6.88. The van der Waals surface area contributed by atoms with Gasteiger partial charge in [0.1, 0.15) is 0 Å². The summed E-state index contributed by atoms with van der Waals surface area (Å²) < 4.78 is 0. The van der Waals surface area contributed by atoms with Crippen molar-refractivity contribution in [2.24, 2.45) is 5.84 Å². The van der Waals surface area contributed by atoms with E-state index in [-0.39, 0.29) is 5.49 Å². The first kappa shape index (κ1) is 13.3. The van der Waals surface area contributed by atoms with Gasteiger partial charge in [0, 0.05) is 38.6 Å². The van der Waals surface area contributed by atoms with E-state index >= 15 is 0 Å². The quantitative estimate of drug-likeness (QED) is 0.485. The van der Waals surface area contributed by atoms with Crippen molar-refractivity contribution in [3.8, 4) is 0 Å². The molecule has 0 unspecified atom stereocenters. The molecule has 2 aromatic rings. The number of nitrogens with zero attached hydrogens (tertiary/aromatic N) is 6. The van der Waals surface area contributed by atoms with Gasteiger partial charge in [-0.1, -0.05) is 0 Å². The molecular weight excluding hydrogens is 270 g/mol. The summed E-state index contributed by atoms with van der Waals surface area (Å²) >= 11 is 0. The fourth-order valence-electron chi connectivity index (χ4n) is 2.27. The fourth-order valence-corrected chi connectivity index (χ4v) is 2.27. The average molecular weight is 287 g/mol. The minimum atomic E-state index is 0.206. The Morgan fingerprint density at radius 1 is 1.05 bits per heavy atom. The van der Waals surface area contributed by atoms with E-state index in [0.29, 0.717) is 0 Å². The van der Waals surface area contributed by atoms with E-state index in [1.54, 1.807) is 18.5 Å². The molecule has 0 aliphatic carbocycles. The van der Waals surface area contributed by atoms with Crippen molar-refractivity contribution in [2.45, 2.75) is 0 Å². The van der Waals surface area contributed by atoms with Gasteiger partial charge in [0.2, 0.25) is 5.95 Å². The van der Waals surface area contributed by atoms with E-state index in [1.807, 2.05) is 12.1 Å². The molecule has 21 heavy (non-hydrogen) atoms. The van der Waals surface area contributed by atoms with Gasteiger partial charge in [-0.25, -0.2) is 21.3 Å². The highest BCUT2D eigenvalue weighted by Crippen LogP contribution is 2.14. The van der Waals surface area contributed by atoms with Crippen molar-refractivity contribution in [3.05, 3.63) is 36.1 Å². The van der Waals surface area contributed by atoms with Gasteiger partial charge in [-0.3, -0.25) is 5.41 Å². The van der Waals surface area contributed by atoms with E-state index in [1.165, 1.54) is 4.79 Å². The topological polar surface area (TPSA) is 112 Å². The van der Waals surface area contributed by atoms with Crippen LogP contribution < -0.4 is 26.7 Å². The van der Waals surface area contributed by atoms with Crippen molar-refractivity contribution in [1.29, 1.82) is 5.41 Å². The van der Waals surface area contributed by atoms with Crippen molar-refractivity contribution >= 4 is 11.8 Å². The van der Waals surface area contributed by atoms with Gasteiger partial charge in [-0.05, 0) is 18.2 Å². The Bertz CT molecular complexity index is 645. The van der Waals surface area contributed by atoms with Crippen molar-refractivity contribution in [3.63, 3.8) is 0 Å². The number of hydrazine groups is 1. The van der Waals surface area contributed by atoms with Crippen LogP contribution in [0.4, 0.5) is 11.8 Å². The Labute approximate surface area is 121 Å². The van der Waals surface area contributed by atoms with Crippen LogP contribution in [0.5, 0.6) is 0 Å². The minimum absolute atomic E-state index is 0.206. The van der Waals surface area contributed by atoms with Crippen molar-refractivity contribution in [1.82, 2.24) is 19.9 Å². The molecule has 1 aliphatic rings. The molecule has 0 saturated carbocycles. The summed E-state index contributed by atoms with van der Waals surface area (Å²) in [5.41, 5.74) is 2.58. The molecule has 0 spiro atoms. The summed E-state index contributed by atoms with van der Waals surface area (Å²) in [6.45, 7) is 3.27. The molecule has 110 valence electrons. The van der Waals surface area contributed by atoms with E-state index in [4.69, 9.17) is 11.3 Å². The Hall–Kier alpha value is -2.68. The smallest absolute Gasteiger partial charge is 0.225 e. The summed E-state index contributed by atoms with van der Waals surface area (Å²) in [6, 6.07) is 5.30. The molecular formula is C12H17N9. The number of aromatic nitrogens is 4. The van der Waals surface area contributed by atoms with Gasteiger partial charge >= 0.3 is 0 Å². The van der Waals surface area contributed by atoms with Crippen LogP contribution in [-0.4, -0.2) is 46.0 Å². The normalized spacial score (nSPS) is 15.1. The van der Waals surface area contributed by atoms with E-state index in [2.05, 4.69) is 30.4 Å². The predicted molar refractivity (Wildman–Crippen MR) is 78.1 cm³/mol. The summed E-state index contributed by atoms with van der Waals surface area (Å²) in [4.78, 5) is 14.1. The van der Waals surface area contributed by atoms with Gasteiger partial charge in [-0.2, -0.15) is 0 Å². The van der Waals surface area contributed by atoms with Crippen LogP contribution in [-0.2, 0) is 0 Å². The standard InChI is InChI=1S/C12H17N9/c13-10-2-3-11(17-21(10)18-14)19-6-8-20(9-7-19)12-15-4-1-5-16-12/h1-5,13,18H,6-9,14H2. The largest absolute Gasteiger partial charge is 0.352 e. The van der Waals surface area contributed by atoms with Crippen molar-refractivity contribution < 1.29 is 0 Å². The molecule has 0 atom stereocenters. The van der Waals surface area contributed by atoms with Crippen LogP contribution in [0.1, 0.15) is 0 Å². The third kappa shape index (κ3) is 2.77. The lowest BCUT2D eigenvalue weighted by molar-refractivity contribution is 0.609. The second-order valence-corrected chi connectivity index (χ2v) is 4.64. The van der Waals surface area contributed by atoms with E-state index in [9.17, 15) is 0 Å². The zero-order chi connectivity index (χ0) is 14.7. The second kappa shape index (κ2) is 5.75. The summed E-state index contributed by atoms with van der Waals surface area (Å²) in [5, 5.41) is 11.9. The van der Waals surface area contributed by atoms with Crippen LogP contribution in [0.15, 0.2) is 30.6 Å². The Balaban J connectivity index is 1.70. The molecule has 2 aromatic heterocycles. The highest BCUT2D eigenvalue weighted by molar-refractivity contribution is 5.40. The highest BCUT2D eigenvalue weighted by Gasteiger charge is 2.20. The van der Waals surface area contributed by atoms with Gasteiger partial charge in [-0.15, -0.1) is 9.89 Å². The number of nitrogen functional groups attached to an aromatic ring is 1. The number of hydrogen-bond acceptors (Lipinski definition) is 8. The molecule has 3 heterocycles. The van der Waals surface area contributed by atoms with Crippen molar-refractivity contribution in [2.75, 3.05) is 41.5 Å². The predicted octanol–water partition coefficient (Wildman–Crippen LogP) is -1.10.